The van der Waals surface area contributed by atoms with Crippen molar-refractivity contribution < 1.29 is 9.90 Å². The maximum Gasteiger partial charge on any atom is 0.320 e. The molecule has 0 spiro atoms. The molecule has 5 heteroatoms. The first kappa shape index (κ1) is 11.1. The maximum absolute atomic E-state index is 11.1. The van der Waals surface area contributed by atoms with Crippen LogP contribution in [0.5, 0.6) is 0 Å². The third-order valence-electron chi connectivity index (χ3n) is 3.07. The van der Waals surface area contributed by atoms with Crippen molar-refractivity contribution in [3.8, 4) is 0 Å². The molecule has 1 aliphatic rings. The van der Waals surface area contributed by atoms with Gasteiger partial charge in [-0.1, -0.05) is 6.42 Å². The molecule has 1 aliphatic heterocycles. The third-order valence-corrected chi connectivity index (χ3v) is 3.07. The largest absolute Gasteiger partial charge is 0.480 e. The second kappa shape index (κ2) is 5.12. The Kier molecular flexibility index (Phi) is 3.56. The molecular weight excluding hydrogens is 206 g/mol. The van der Waals surface area contributed by atoms with Crippen LogP contribution in [0, 0.1) is 0 Å². The van der Waals surface area contributed by atoms with E-state index >= 15 is 0 Å². The summed E-state index contributed by atoms with van der Waals surface area (Å²) in [6.45, 7) is 2.41. The Morgan fingerprint density at radius 1 is 1.44 bits per heavy atom. The molecule has 16 heavy (non-hydrogen) atoms. The minimum atomic E-state index is -0.694. The molecule has 5 nitrogen and oxygen atoms in total. The molecule has 1 atom stereocenters. The number of likely N-dealkylation sites (tertiary alicyclic amines) is 1. The number of hydrogen-bond acceptors (Lipinski definition) is 3. The highest BCUT2D eigenvalue weighted by molar-refractivity contribution is 5.73. The monoisotopic (exact) mass is 223 g/mol. The first-order chi connectivity index (χ1) is 7.77. The van der Waals surface area contributed by atoms with Gasteiger partial charge in [0.25, 0.3) is 0 Å². The Morgan fingerprint density at radius 3 is 3.00 bits per heavy atom. The number of nitrogens with zero attached hydrogens (tertiary/aromatic N) is 3. The minimum Gasteiger partial charge on any atom is -0.480 e. The van der Waals surface area contributed by atoms with Crippen LogP contribution in [-0.2, 0) is 11.3 Å². The Balaban J connectivity index is 1.89. The Morgan fingerprint density at radius 2 is 2.31 bits per heavy atom. The van der Waals surface area contributed by atoms with E-state index in [9.17, 15) is 4.79 Å². The van der Waals surface area contributed by atoms with Crippen molar-refractivity contribution in [2.24, 2.45) is 0 Å². The second-order valence-electron chi connectivity index (χ2n) is 4.15. The van der Waals surface area contributed by atoms with Gasteiger partial charge in [0, 0.05) is 18.9 Å². The smallest absolute Gasteiger partial charge is 0.320 e. The van der Waals surface area contributed by atoms with Gasteiger partial charge >= 0.3 is 5.97 Å². The molecule has 1 N–H and O–H groups in total. The van der Waals surface area contributed by atoms with E-state index in [0.29, 0.717) is 0 Å². The lowest BCUT2D eigenvalue weighted by Gasteiger charge is -2.32. The summed E-state index contributed by atoms with van der Waals surface area (Å²) in [5.41, 5.74) is 0. The molecule has 2 rings (SSSR count). The van der Waals surface area contributed by atoms with Crippen molar-refractivity contribution in [2.75, 3.05) is 13.1 Å². The first-order valence-electron chi connectivity index (χ1n) is 5.71. The fourth-order valence-corrected chi connectivity index (χ4v) is 2.20. The van der Waals surface area contributed by atoms with E-state index in [0.717, 1.165) is 38.9 Å². The van der Waals surface area contributed by atoms with E-state index in [1.54, 1.807) is 6.20 Å². The number of rotatable bonds is 4. The first-order valence-corrected chi connectivity index (χ1v) is 5.71. The van der Waals surface area contributed by atoms with Crippen LogP contribution in [0.1, 0.15) is 19.3 Å². The third kappa shape index (κ3) is 2.61. The summed E-state index contributed by atoms with van der Waals surface area (Å²) in [4.78, 5) is 13.1. The summed E-state index contributed by atoms with van der Waals surface area (Å²) in [6, 6.07) is 1.58. The summed E-state index contributed by atoms with van der Waals surface area (Å²) in [5.74, 6) is -0.694. The lowest BCUT2D eigenvalue weighted by molar-refractivity contribution is -0.144. The van der Waals surface area contributed by atoms with Crippen LogP contribution in [0.15, 0.2) is 18.5 Å². The molecule has 0 saturated carbocycles. The maximum atomic E-state index is 11.1. The standard InChI is InChI=1S/C11H17N3O2/c15-11(16)10-4-1-2-6-13(10)8-9-14-7-3-5-12-14/h3,5,7,10H,1-2,4,6,8-9H2,(H,15,16). The van der Waals surface area contributed by atoms with Crippen LogP contribution >= 0.6 is 0 Å². The van der Waals surface area contributed by atoms with E-state index in [-0.39, 0.29) is 6.04 Å². The number of hydrogen-bond donors (Lipinski definition) is 1. The number of piperidine rings is 1. The molecule has 2 heterocycles. The molecule has 0 aromatic carbocycles. The van der Waals surface area contributed by atoms with Crippen molar-refractivity contribution in [1.82, 2.24) is 14.7 Å². The van der Waals surface area contributed by atoms with Gasteiger partial charge in [-0.25, -0.2) is 0 Å². The number of aliphatic carboxylic acids is 1. The average Bonchev–Trinajstić information content (AvgIpc) is 2.79. The minimum absolute atomic E-state index is 0.302. The summed E-state index contributed by atoms with van der Waals surface area (Å²) in [6.07, 6.45) is 6.54. The van der Waals surface area contributed by atoms with E-state index < -0.39 is 5.97 Å². The summed E-state index contributed by atoms with van der Waals surface area (Å²) >= 11 is 0. The van der Waals surface area contributed by atoms with Gasteiger partial charge in [0.15, 0.2) is 0 Å². The number of carbonyl (C=O) groups is 1. The number of aromatic nitrogens is 2. The number of carboxylic acid groups (broad SMARTS) is 1. The van der Waals surface area contributed by atoms with Crippen molar-refractivity contribution in [3.63, 3.8) is 0 Å². The van der Waals surface area contributed by atoms with E-state index in [1.165, 1.54) is 0 Å². The van der Waals surface area contributed by atoms with Crippen LogP contribution in [0.4, 0.5) is 0 Å². The molecule has 1 aromatic heterocycles. The topological polar surface area (TPSA) is 58.4 Å². The molecule has 88 valence electrons. The zero-order chi connectivity index (χ0) is 11.4. The zero-order valence-corrected chi connectivity index (χ0v) is 9.25. The SMILES string of the molecule is O=C(O)C1CCCCN1CCn1cccn1. The van der Waals surface area contributed by atoms with Crippen LogP contribution in [0.2, 0.25) is 0 Å². The van der Waals surface area contributed by atoms with Gasteiger partial charge in [-0.15, -0.1) is 0 Å². The van der Waals surface area contributed by atoms with Crippen LogP contribution in [0.25, 0.3) is 0 Å². The van der Waals surface area contributed by atoms with Crippen molar-refractivity contribution >= 4 is 5.97 Å². The van der Waals surface area contributed by atoms with Crippen LogP contribution in [-0.4, -0.2) is 44.9 Å². The molecular formula is C11H17N3O2. The second-order valence-corrected chi connectivity index (χ2v) is 4.15. The molecule has 0 bridgehead atoms. The normalized spacial score (nSPS) is 22.1. The van der Waals surface area contributed by atoms with Gasteiger partial charge in [-0.05, 0) is 25.5 Å². The average molecular weight is 223 g/mol. The molecule has 1 saturated heterocycles. The van der Waals surface area contributed by atoms with E-state index in [1.807, 2.05) is 21.8 Å². The highest BCUT2D eigenvalue weighted by atomic mass is 16.4. The predicted molar refractivity (Wildman–Crippen MR) is 59.1 cm³/mol. The van der Waals surface area contributed by atoms with Crippen LogP contribution in [0.3, 0.4) is 0 Å². The van der Waals surface area contributed by atoms with Gasteiger partial charge < -0.3 is 5.11 Å². The van der Waals surface area contributed by atoms with Gasteiger partial charge in [-0.3, -0.25) is 14.4 Å². The summed E-state index contributed by atoms with van der Waals surface area (Å²) < 4.78 is 1.84. The molecule has 1 fully saturated rings. The van der Waals surface area contributed by atoms with Crippen molar-refractivity contribution in [2.45, 2.75) is 31.8 Å². The molecule has 0 radical (unpaired) electrons. The predicted octanol–water partition coefficient (Wildman–Crippen LogP) is 0.822. The molecule has 0 aliphatic carbocycles. The number of carboxylic acids is 1. The van der Waals surface area contributed by atoms with Crippen molar-refractivity contribution in [1.29, 1.82) is 0 Å². The highest BCUT2D eigenvalue weighted by Crippen LogP contribution is 2.16. The zero-order valence-electron chi connectivity index (χ0n) is 9.25. The van der Waals surface area contributed by atoms with Gasteiger partial charge in [0.2, 0.25) is 0 Å². The molecule has 1 unspecified atom stereocenters. The lowest BCUT2D eigenvalue weighted by Crippen LogP contribution is -2.45. The lowest BCUT2D eigenvalue weighted by atomic mass is 10.0. The fraction of sp³-hybridized carbons (Fsp3) is 0.636. The molecule has 0 amide bonds. The van der Waals surface area contributed by atoms with E-state index in [4.69, 9.17) is 5.11 Å². The Bertz CT molecular complexity index is 337. The highest BCUT2D eigenvalue weighted by Gasteiger charge is 2.27. The van der Waals surface area contributed by atoms with E-state index in [2.05, 4.69) is 5.10 Å². The fourth-order valence-electron chi connectivity index (χ4n) is 2.20. The Hall–Kier alpha value is -1.36. The van der Waals surface area contributed by atoms with Crippen LogP contribution < -0.4 is 0 Å². The molecule has 1 aromatic rings. The van der Waals surface area contributed by atoms with Gasteiger partial charge in [0.1, 0.15) is 6.04 Å². The van der Waals surface area contributed by atoms with Gasteiger partial charge in [0.05, 0.1) is 6.54 Å². The Labute approximate surface area is 94.7 Å². The van der Waals surface area contributed by atoms with Crippen molar-refractivity contribution in [3.05, 3.63) is 18.5 Å². The van der Waals surface area contributed by atoms with Gasteiger partial charge in [-0.2, -0.15) is 5.10 Å². The quantitative estimate of drug-likeness (QED) is 0.821. The summed E-state index contributed by atoms with van der Waals surface area (Å²) in [7, 11) is 0. The summed E-state index contributed by atoms with van der Waals surface area (Å²) in [5, 5.41) is 13.2.